The number of nitrogens with zero attached hydrogens (tertiary/aromatic N) is 2. The zero-order chi connectivity index (χ0) is 30.6. The summed E-state index contributed by atoms with van der Waals surface area (Å²) in [5.74, 6) is -0.403. The molecule has 0 radical (unpaired) electrons. The molecule has 0 saturated carbocycles. The van der Waals surface area contributed by atoms with Crippen molar-refractivity contribution in [3.05, 3.63) is 87.7 Å². The fourth-order valence-corrected chi connectivity index (χ4v) is 6.23. The summed E-state index contributed by atoms with van der Waals surface area (Å²) in [6, 6.07) is 14.3. The Bertz CT molecular complexity index is 1520. The van der Waals surface area contributed by atoms with Crippen LogP contribution in [0.15, 0.2) is 65.6 Å². The number of likely N-dealkylation sites (N-methyl/N-ethyl adjacent to an activating group) is 1. The lowest BCUT2D eigenvalue weighted by atomic mass is 10.0. The van der Waals surface area contributed by atoms with E-state index in [-0.39, 0.29) is 41.5 Å². The zero-order valence-corrected chi connectivity index (χ0v) is 25.9. The number of anilines is 1. The molecule has 1 amide bonds. The van der Waals surface area contributed by atoms with Gasteiger partial charge in [0.15, 0.2) is 0 Å². The lowest BCUT2D eigenvalue weighted by Gasteiger charge is -2.34. The highest BCUT2D eigenvalue weighted by Gasteiger charge is 2.31. The number of halogens is 3. The minimum absolute atomic E-state index is 0.0512. The summed E-state index contributed by atoms with van der Waals surface area (Å²) in [5.41, 5.74) is 1.71. The monoisotopic (exact) mass is 637 g/mol. The quantitative estimate of drug-likeness (QED) is 0.334. The largest absolute Gasteiger partial charge is 0.488 e. The number of aliphatic hydroxyl groups excluding tert-OH is 1. The molecule has 1 aliphatic heterocycles. The highest BCUT2D eigenvalue weighted by Crippen LogP contribution is 2.30. The van der Waals surface area contributed by atoms with Crippen LogP contribution in [0.1, 0.15) is 25.0 Å². The first-order valence-corrected chi connectivity index (χ1v) is 15.7. The van der Waals surface area contributed by atoms with Crippen LogP contribution in [0.5, 0.6) is 5.75 Å². The van der Waals surface area contributed by atoms with Crippen LogP contribution in [0, 0.1) is 11.7 Å². The molecule has 4 rings (SSSR count). The predicted molar refractivity (Wildman–Crippen MR) is 162 cm³/mol. The maximum absolute atomic E-state index is 13.5. The van der Waals surface area contributed by atoms with Crippen molar-refractivity contribution in [2.75, 3.05) is 31.5 Å². The number of carbonyl (C=O) groups excluding carboxylic acids is 1. The first-order valence-electron chi connectivity index (χ1n) is 13.5. The van der Waals surface area contributed by atoms with Gasteiger partial charge in [-0.05, 0) is 74.1 Å². The van der Waals surface area contributed by atoms with Crippen molar-refractivity contribution in [3.63, 3.8) is 0 Å². The molecule has 3 aromatic rings. The minimum atomic E-state index is -4.00. The molecule has 42 heavy (non-hydrogen) atoms. The van der Waals surface area contributed by atoms with E-state index in [1.807, 2.05) is 26.1 Å². The fourth-order valence-electron chi connectivity index (χ4n) is 4.86. The van der Waals surface area contributed by atoms with Crippen molar-refractivity contribution < 1.29 is 27.4 Å². The second-order valence-electron chi connectivity index (χ2n) is 10.7. The van der Waals surface area contributed by atoms with Crippen LogP contribution in [0.25, 0.3) is 0 Å². The zero-order valence-electron chi connectivity index (χ0n) is 23.6. The van der Waals surface area contributed by atoms with Gasteiger partial charge in [-0.15, -0.1) is 0 Å². The molecule has 0 bridgehead atoms. The van der Waals surface area contributed by atoms with E-state index in [0.717, 1.165) is 17.7 Å². The molecule has 1 heterocycles. The first-order chi connectivity index (χ1) is 19.9. The van der Waals surface area contributed by atoms with Crippen molar-refractivity contribution in [2.45, 2.75) is 43.9 Å². The number of sulfonamides is 1. The van der Waals surface area contributed by atoms with Gasteiger partial charge in [-0.2, -0.15) is 0 Å². The molecular weight excluding hydrogens is 604 g/mol. The SMILES string of the molecule is C[C@@H]1CN([C@@H](C)CO)C(=O)Cc2cc(NS(=O)(=O)c3ccc(F)cc3)ccc2O[C@H]1CN(C)Cc1ccc(Cl)c(Cl)c1. The lowest BCUT2D eigenvalue weighted by molar-refractivity contribution is -0.134. The fraction of sp³-hybridized carbons (Fsp3) is 0.367. The van der Waals surface area contributed by atoms with Crippen LogP contribution in [-0.4, -0.2) is 68.1 Å². The van der Waals surface area contributed by atoms with E-state index in [9.17, 15) is 22.7 Å². The topological polar surface area (TPSA) is 99.2 Å². The average molecular weight is 639 g/mol. The highest BCUT2D eigenvalue weighted by molar-refractivity contribution is 7.92. The molecule has 1 aliphatic rings. The van der Waals surface area contributed by atoms with Crippen molar-refractivity contribution in [1.29, 1.82) is 0 Å². The van der Waals surface area contributed by atoms with Crippen LogP contribution in [0.2, 0.25) is 10.0 Å². The molecule has 12 heteroatoms. The van der Waals surface area contributed by atoms with Gasteiger partial charge in [0.25, 0.3) is 10.0 Å². The van der Waals surface area contributed by atoms with Gasteiger partial charge in [-0.3, -0.25) is 14.4 Å². The van der Waals surface area contributed by atoms with Gasteiger partial charge in [-0.25, -0.2) is 12.8 Å². The Morgan fingerprint density at radius 2 is 1.83 bits per heavy atom. The van der Waals surface area contributed by atoms with E-state index >= 15 is 0 Å². The predicted octanol–water partition coefficient (Wildman–Crippen LogP) is 5.21. The van der Waals surface area contributed by atoms with Crippen molar-refractivity contribution in [3.8, 4) is 5.75 Å². The highest BCUT2D eigenvalue weighted by atomic mass is 35.5. The maximum Gasteiger partial charge on any atom is 0.261 e. The number of aliphatic hydroxyl groups is 1. The Morgan fingerprint density at radius 3 is 2.50 bits per heavy atom. The van der Waals surface area contributed by atoms with Crippen molar-refractivity contribution in [2.24, 2.45) is 5.92 Å². The van der Waals surface area contributed by atoms with Crippen LogP contribution in [-0.2, 0) is 27.8 Å². The number of hydrogen-bond donors (Lipinski definition) is 2. The molecule has 226 valence electrons. The molecule has 3 aromatic carbocycles. The number of amides is 1. The van der Waals surface area contributed by atoms with Gasteiger partial charge in [0.05, 0.1) is 34.0 Å². The summed E-state index contributed by atoms with van der Waals surface area (Å²) in [4.78, 5) is 17.1. The smallest absolute Gasteiger partial charge is 0.261 e. The van der Waals surface area contributed by atoms with E-state index < -0.39 is 21.9 Å². The van der Waals surface area contributed by atoms with Gasteiger partial charge in [-0.1, -0.05) is 36.2 Å². The number of benzene rings is 3. The van der Waals surface area contributed by atoms with Gasteiger partial charge < -0.3 is 14.7 Å². The average Bonchev–Trinajstić information content (AvgIpc) is 2.98. The van der Waals surface area contributed by atoms with Gasteiger partial charge in [0.2, 0.25) is 5.91 Å². The molecule has 0 unspecified atom stereocenters. The maximum atomic E-state index is 13.5. The third kappa shape index (κ3) is 7.93. The van der Waals surface area contributed by atoms with Crippen LogP contribution < -0.4 is 9.46 Å². The van der Waals surface area contributed by atoms with E-state index in [1.165, 1.54) is 12.1 Å². The molecule has 0 saturated heterocycles. The third-order valence-corrected chi connectivity index (χ3v) is 9.36. The number of nitrogens with one attached hydrogen (secondary N) is 1. The molecular formula is C30H34Cl2FN3O5S. The van der Waals surface area contributed by atoms with Crippen LogP contribution in [0.4, 0.5) is 10.1 Å². The van der Waals surface area contributed by atoms with E-state index in [0.29, 0.717) is 41.0 Å². The number of carbonyl (C=O) groups is 1. The lowest BCUT2D eigenvalue weighted by Crippen LogP contribution is -2.47. The summed E-state index contributed by atoms with van der Waals surface area (Å²) in [6.45, 7) is 5.03. The van der Waals surface area contributed by atoms with Gasteiger partial charge >= 0.3 is 0 Å². The Kier molecular flexibility index (Phi) is 10.4. The number of fused-ring (bicyclic) bond motifs is 1. The standard InChI is InChI=1S/C30H34Cl2FN3O5S/c1-19-15-36(20(2)18-37)30(38)14-22-13-24(34-42(39,40)25-8-5-23(33)6-9-25)7-11-28(22)41-29(19)17-35(3)16-21-4-10-26(31)27(32)12-21/h4-13,19-20,29,34,37H,14-18H2,1-3H3/t19-,20+,29+/m1/s1. The van der Waals surface area contributed by atoms with E-state index in [1.54, 1.807) is 36.1 Å². The Hall–Kier alpha value is -2.89. The first kappa shape index (κ1) is 32.0. The second-order valence-corrected chi connectivity index (χ2v) is 13.2. The summed E-state index contributed by atoms with van der Waals surface area (Å²) < 4.78 is 48.2. The summed E-state index contributed by atoms with van der Waals surface area (Å²) in [7, 11) is -2.05. The molecule has 0 fully saturated rings. The molecule has 0 aliphatic carbocycles. The number of rotatable bonds is 9. The molecule has 0 aromatic heterocycles. The van der Waals surface area contributed by atoms with Crippen LogP contribution in [0.3, 0.4) is 0 Å². The molecule has 0 spiro atoms. The van der Waals surface area contributed by atoms with Gasteiger partial charge in [0.1, 0.15) is 17.7 Å². The number of ether oxygens (including phenoxy) is 1. The van der Waals surface area contributed by atoms with E-state index in [4.69, 9.17) is 27.9 Å². The Balaban J connectivity index is 1.62. The van der Waals surface area contributed by atoms with Crippen molar-refractivity contribution in [1.82, 2.24) is 9.80 Å². The molecule has 8 nitrogen and oxygen atoms in total. The molecule has 3 atom stereocenters. The summed E-state index contributed by atoms with van der Waals surface area (Å²) in [6.07, 6.45) is -0.401. The number of hydrogen-bond acceptors (Lipinski definition) is 6. The summed E-state index contributed by atoms with van der Waals surface area (Å²) >= 11 is 12.3. The van der Waals surface area contributed by atoms with Gasteiger partial charge in [0, 0.05) is 36.8 Å². The normalized spacial score (nSPS) is 18.5. The summed E-state index contributed by atoms with van der Waals surface area (Å²) in [5, 5.41) is 10.8. The molecule has 2 N–H and O–H groups in total. The Labute approximate surface area is 256 Å². The van der Waals surface area contributed by atoms with Crippen molar-refractivity contribution >= 4 is 44.8 Å². The van der Waals surface area contributed by atoms with E-state index in [2.05, 4.69) is 9.62 Å². The third-order valence-electron chi connectivity index (χ3n) is 7.22. The Morgan fingerprint density at radius 1 is 1.12 bits per heavy atom. The second kappa shape index (κ2) is 13.6. The minimum Gasteiger partial charge on any atom is -0.488 e. The van der Waals surface area contributed by atoms with Crippen LogP contribution >= 0.6 is 23.2 Å².